The predicted molar refractivity (Wildman–Crippen MR) is 58.4 cm³/mol. The molecule has 1 rings (SSSR count). The molecule has 0 spiro atoms. The molecule has 1 heterocycles. The van der Waals surface area contributed by atoms with Gasteiger partial charge in [-0.3, -0.25) is 4.98 Å². The summed E-state index contributed by atoms with van der Waals surface area (Å²) in [6.45, 7) is 4.33. The van der Waals surface area contributed by atoms with Crippen molar-refractivity contribution in [3.8, 4) is 11.8 Å². The number of hydrogen-bond donors (Lipinski definition) is 0. The topological polar surface area (TPSA) is 12.9 Å². The minimum atomic E-state index is -2.52. The van der Waals surface area contributed by atoms with Gasteiger partial charge in [-0.15, -0.1) is 5.92 Å². The number of aromatic nitrogens is 1. The lowest BCUT2D eigenvalue weighted by atomic mass is 10.2. The zero-order chi connectivity index (χ0) is 11.3. The summed E-state index contributed by atoms with van der Waals surface area (Å²) in [5, 5.41) is 0. The van der Waals surface area contributed by atoms with E-state index >= 15 is 0 Å². The Kier molecular flexibility index (Phi) is 4.44. The lowest BCUT2D eigenvalue weighted by Gasteiger charge is -1.97. The second-order valence-electron chi connectivity index (χ2n) is 3.46. The van der Waals surface area contributed by atoms with Crippen LogP contribution in [0.2, 0.25) is 19.1 Å². The molecule has 0 atom stereocenters. The summed E-state index contributed by atoms with van der Waals surface area (Å²) in [5.74, 6) is 5.86. The van der Waals surface area contributed by atoms with Crippen molar-refractivity contribution in [1.29, 1.82) is 0 Å². The minimum Gasteiger partial charge on any atom is -0.255 e. The maximum absolute atomic E-state index is 12.3. The number of hydrogen-bond acceptors (Lipinski definition) is 1. The van der Waals surface area contributed by atoms with Crippen LogP contribution in [0.4, 0.5) is 8.78 Å². The maximum atomic E-state index is 12.3. The summed E-state index contributed by atoms with van der Waals surface area (Å²) in [4.78, 5) is 3.57. The number of rotatable bonds is 2. The van der Waals surface area contributed by atoms with E-state index in [4.69, 9.17) is 0 Å². The van der Waals surface area contributed by atoms with Gasteiger partial charge in [0.2, 0.25) is 0 Å². The van der Waals surface area contributed by atoms with Gasteiger partial charge in [-0.25, -0.2) is 8.78 Å². The van der Waals surface area contributed by atoms with Crippen molar-refractivity contribution in [3.05, 3.63) is 29.6 Å². The average molecular weight is 224 g/mol. The SMILES string of the molecule is C[Si](C)CC#Cc1ccnc(C(F)F)c1. The van der Waals surface area contributed by atoms with Gasteiger partial charge in [-0.05, 0) is 12.1 Å². The molecule has 0 aliphatic heterocycles. The molecule has 1 aromatic heterocycles. The Hall–Kier alpha value is -1.21. The Morgan fingerprint density at radius 2 is 2.20 bits per heavy atom. The summed E-state index contributed by atoms with van der Waals surface area (Å²) in [5.41, 5.74) is 0.406. The third kappa shape index (κ3) is 4.22. The third-order valence-corrected chi connectivity index (χ3v) is 2.56. The molecule has 15 heavy (non-hydrogen) atoms. The molecule has 79 valence electrons. The normalized spacial score (nSPS) is 10.3. The Morgan fingerprint density at radius 3 is 2.80 bits per heavy atom. The molecule has 0 amide bonds. The standard InChI is InChI=1S/C11H12F2NSi/c1-15(2)7-3-4-9-5-6-14-10(8-9)11(12)13/h5-6,8,11H,7H2,1-2H3. The molecule has 0 fully saturated rings. The maximum Gasteiger partial charge on any atom is 0.280 e. The van der Waals surface area contributed by atoms with E-state index in [1.54, 1.807) is 6.07 Å². The molecule has 0 aromatic carbocycles. The molecule has 0 bridgehead atoms. The van der Waals surface area contributed by atoms with Crippen molar-refractivity contribution < 1.29 is 8.78 Å². The Balaban J connectivity index is 2.76. The first kappa shape index (κ1) is 11.9. The van der Waals surface area contributed by atoms with Crippen LogP contribution in [0, 0.1) is 11.8 Å². The van der Waals surface area contributed by atoms with Crippen LogP contribution in [0.1, 0.15) is 17.7 Å². The summed E-state index contributed by atoms with van der Waals surface area (Å²) in [6.07, 6.45) is -1.15. The van der Waals surface area contributed by atoms with Gasteiger partial charge >= 0.3 is 0 Å². The highest BCUT2D eigenvalue weighted by molar-refractivity contribution is 6.56. The molecule has 0 aliphatic rings. The van der Waals surface area contributed by atoms with Crippen LogP contribution in [0.15, 0.2) is 18.3 Å². The summed E-state index contributed by atoms with van der Waals surface area (Å²) < 4.78 is 24.6. The van der Waals surface area contributed by atoms with Gasteiger partial charge in [0.05, 0.1) is 8.80 Å². The fourth-order valence-corrected chi connectivity index (χ4v) is 1.41. The van der Waals surface area contributed by atoms with Crippen LogP contribution in [0.5, 0.6) is 0 Å². The largest absolute Gasteiger partial charge is 0.280 e. The van der Waals surface area contributed by atoms with Crippen LogP contribution >= 0.6 is 0 Å². The lowest BCUT2D eigenvalue weighted by Crippen LogP contribution is -1.95. The Bertz CT molecular complexity index is 380. The van der Waals surface area contributed by atoms with E-state index in [-0.39, 0.29) is 14.5 Å². The van der Waals surface area contributed by atoms with Gasteiger partial charge < -0.3 is 0 Å². The van der Waals surface area contributed by atoms with Crippen molar-refractivity contribution >= 4 is 8.80 Å². The Labute approximate surface area is 90.1 Å². The van der Waals surface area contributed by atoms with Crippen LogP contribution in [0.3, 0.4) is 0 Å². The fourth-order valence-electron chi connectivity index (χ4n) is 0.968. The monoisotopic (exact) mass is 224 g/mol. The third-order valence-electron chi connectivity index (χ3n) is 1.68. The first-order valence-electron chi connectivity index (χ1n) is 4.61. The smallest absolute Gasteiger partial charge is 0.255 e. The number of alkyl halides is 2. The highest BCUT2D eigenvalue weighted by atomic mass is 28.3. The van der Waals surface area contributed by atoms with Gasteiger partial charge in [0.25, 0.3) is 6.43 Å². The summed E-state index contributed by atoms with van der Waals surface area (Å²) in [7, 11) is -0.368. The molecule has 1 nitrogen and oxygen atoms in total. The van der Waals surface area contributed by atoms with E-state index in [1.165, 1.54) is 12.3 Å². The molecule has 0 aliphatic carbocycles. The lowest BCUT2D eigenvalue weighted by molar-refractivity contribution is 0.146. The van der Waals surface area contributed by atoms with Crippen molar-refractivity contribution in [2.24, 2.45) is 0 Å². The molecule has 0 saturated carbocycles. The van der Waals surface area contributed by atoms with Gasteiger partial charge in [0.15, 0.2) is 0 Å². The second kappa shape index (κ2) is 5.62. The molecule has 4 heteroatoms. The number of halogens is 2. The van der Waals surface area contributed by atoms with E-state index in [9.17, 15) is 8.78 Å². The minimum absolute atomic E-state index is 0.208. The highest BCUT2D eigenvalue weighted by Gasteiger charge is 2.07. The van der Waals surface area contributed by atoms with Crippen LogP contribution < -0.4 is 0 Å². The van der Waals surface area contributed by atoms with Gasteiger partial charge in [0, 0.05) is 17.8 Å². The molecular formula is C11H12F2NSi. The van der Waals surface area contributed by atoms with E-state index in [1.807, 2.05) is 0 Å². The van der Waals surface area contributed by atoms with Crippen LogP contribution in [-0.2, 0) is 0 Å². The highest BCUT2D eigenvalue weighted by Crippen LogP contribution is 2.16. The first-order valence-corrected chi connectivity index (χ1v) is 7.32. The second-order valence-corrected chi connectivity index (χ2v) is 6.22. The number of pyridine rings is 1. The average Bonchev–Trinajstić information content (AvgIpc) is 2.17. The van der Waals surface area contributed by atoms with Crippen LogP contribution in [0.25, 0.3) is 0 Å². The van der Waals surface area contributed by atoms with Gasteiger partial charge in [0.1, 0.15) is 5.69 Å². The van der Waals surface area contributed by atoms with E-state index in [0.29, 0.717) is 5.56 Å². The quantitative estimate of drug-likeness (QED) is 0.555. The Morgan fingerprint density at radius 1 is 1.47 bits per heavy atom. The van der Waals surface area contributed by atoms with Gasteiger partial charge in [-0.2, -0.15) is 0 Å². The summed E-state index contributed by atoms with van der Waals surface area (Å²) >= 11 is 0. The molecule has 1 aromatic rings. The first-order chi connectivity index (χ1) is 7.09. The van der Waals surface area contributed by atoms with Crippen molar-refractivity contribution in [3.63, 3.8) is 0 Å². The zero-order valence-corrected chi connectivity index (χ0v) is 9.72. The number of nitrogens with zero attached hydrogens (tertiary/aromatic N) is 1. The summed E-state index contributed by atoms with van der Waals surface area (Å²) in [6, 6.07) is 3.86. The molecule has 0 N–H and O–H groups in total. The zero-order valence-electron chi connectivity index (χ0n) is 8.72. The van der Waals surface area contributed by atoms with Crippen LogP contribution in [-0.4, -0.2) is 13.8 Å². The van der Waals surface area contributed by atoms with E-state index in [2.05, 4.69) is 29.9 Å². The molecular weight excluding hydrogens is 212 g/mol. The fraction of sp³-hybridized carbons (Fsp3) is 0.364. The van der Waals surface area contributed by atoms with Crippen molar-refractivity contribution in [2.45, 2.75) is 25.6 Å². The predicted octanol–water partition coefficient (Wildman–Crippen LogP) is 3.13. The van der Waals surface area contributed by atoms with Gasteiger partial charge in [-0.1, -0.05) is 19.0 Å². The molecule has 0 saturated heterocycles. The molecule has 1 radical (unpaired) electrons. The van der Waals surface area contributed by atoms with E-state index in [0.717, 1.165) is 6.04 Å². The van der Waals surface area contributed by atoms with E-state index < -0.39 is 6.43 Å². The molecule has 0 unspecified atom stereocenters. The van der Waals surface area contributed by atoms with Crippen molar-refractivity contribution in [2.75, 3.05) is 0 Å². The van der Waals surface area contributed by atoms with Crippen molar-refractivity contribution in [1.82, 2.24) is 4.98 Å².